The number of carbonyl (C=O) groups excluding carboxylic acids is 2. The number of nitrogens with zero attached hydrogens (tertiary/aromatic N) is 2. The number of halogens is 1. The molecule has 1 aromatic carbocycles. The number of hydrogen-bond donors (Lipinski definition) is 2. The molecule has 0 unspecified atom stereocenters. The van der Waals surface area contributed by atoms with Crippen molar-refractivity contribution in [3.63, 3.8) is 0 Å². The van der Waals surface area contributed by atoms with E-state index in [4.69, 9.17) is 4.42 Å². The Morgan fingerprint density at radius 1 is 1.40 bits per heavy atom. The molecule has 0 radical (unpaired) electrons. The normalized spacial score (nSPS) is 17.6. The van der Waals surface area contributed by atoms with Crippen LogP contribution in [0, 0.1) is 0 Å². The number of benzene rings is 1. The van der Waals surface area contributed by atoms with E-state index >= 15 is 0 Å². The third kappa shape index (κ3) is 5.05. The molecule has 0 spiro atoms. The Kier molecular flexibility index (Phi) is 6.09. The van der Waals surface area contributed by atoms with Gasteiger partial charge in [0.05, 0.1) is 5.75 Å². The van der Waals surface area contributed by atoms with Crippen molar-refractivity contribution in [2.75, 3.05) is 12.3 Å². The summed E-state index contributed by atoms with van der Waals surface area (Å²) in [6.07, 6.45) is 2.51. The van der Waals surface area contributed by atoms with Gasteiger partial charge in [-0.3, -0.25) is 9.59 Å². The lowest BCUT2D eigenvalue weighted by Crippen LogP contribution is -2.46. The summed E-state index contributed by atoms with van der Waals surface area (Å²) in [5, 5.41) is 13.8. The zero-order valence-electron chi connectivity index (χ0n) is 13.3. The van der Waals surface area contributed by atoms with Crippen molar-refractivity contribution in [2.24, 2.45) is 0 Å². The quantitative estimate of drug-likeness (QED) is 0.715. The number of nitrogens with one attached hydrogen (secondary N) is 2. The minimum atomic E-state index is -0.462. The molecule has 1 aliphatic heterocycles. The molecular formula is C16H17BrN4O3S. The van der Waals surface area contributed by atoms with E-state index in [9.17, 15) is 9.59 Å². The van der Waals surface area contributed by atoms with Gasteiger partial charge in [0.25, 0.3) is 5.22 Å². The van der Waals surface area contributed by atoms with Crippen molar-refractivity contribution < 1.29 is 14.0 Å². The second-order valence-corrected chi connectivity index (χ2v) is 7.42. The van der Waals surface area contributed by atoms with Gasteiger partial charge in [-0.1, -0.05) is 33.8 Å². The first-order valence-corrected chi connectivity index (χ1v) is 9.69. The lowest BCUT2D eigenvalue weighted by Gasteiger charge is -2.14. The van der Waals surface area contributed by atoms with Crippen LogP contribution in [0.15, 0.2) is 38.4 Å². The maximum absolute atomic E-state index is 12.1. The lowest BCUT2D eigenvalue weighted by atomic mass is 10.1. The Balaban J connectivity index is 1.53. The summed E-state index contributed by atoms with van der Waals surface area (Å²) in [4.78, 5) is 23.9. The van der Waals surface area contributed by atoms with Crippen LogP contribution >= 0.6 is 27.7 Å². The van der Waals surface area contributed by atoms with Crippen LogP contribution in [0.1, 0.15) is 19.3 Å². The van der Waals surface area contributed by atoms with E-state index in [1.54, 1.807) is 0 Å². The molecule has 2 heterocycles. The van der Waals surface area contributed by atoms with Gasteiger partial charge in [-0.2, -0.15) is 0 Å². The van der Waals surface area contributed by atoms with Crippen LogP contribution < -0.4 is 10.6 Å². The Hall–Kier alpha value is -1.87. The fourth-order valence-corrected chi connectivity index (χ4v) is 3.42. The molecule has 1 atom stereocenters. The first-order chi connectivity index (χ1) is 12.1. The van der Waals surface area contributed by atoms with Crippen LogP contribution in [0.3, 0.4) is 0 Å². The summed E-state index contributed by atoms with van der Waals surface area (Å²) in [7, 11) is 0. The van der Waals surface area contributed by atoms with Gasteiger partial charge in [-0.25, -0.2) is 0 Å². The minimum absolute atomic E-state index is 0.115. The third-order valence-electron chi connectivity index (χ3n) is 3.68. The van der Waals surface area contributed by atoms with Crippen LogP contribution in [0.2, 0.25) is 0 Å². The molecule has 1 aliphatic rings. The fraction of sp³-hybridized carbons (Fsp3) is 0.375. The first-order valence-electron chi connectivity index (χ1n) is 7.91. The SMILES string of the molecule is O=C(CSc1nnc(-c2cccc(Br)c2)o1)N[C@@H]1CCCCNC1=O. The van der Waals surface area contributed by atoms with Gasteiger partial charge in [0.2, 0.25) is 17.7 Å². The highest BCUT2D eigenvalue weighted by atomic mass is 79.9. The topological polar surface area (TPSA) is 97.1 Å². The number of hydrogen-bond acceptors (Lipinski definition) is 6. The van der Waals surface area contributed by atoms with E-state index in [1.165, 1.54) is 0 Å². The van der Waals surface area contributed by atoms with Crippen LogP contribution in [-0.4, -0.2) is 40.4 Å². The molecule has 0 bridgehead atoms. The molecule has 1 aromatic heterocycles. The molecule has 7 nitrogen and oxygen atoms in total. The highest BCUT2D eigenvalue weighted by Gasteiger charge is 2.22. The maximum Gasteiger partial charge on any atom is 0.277 e. The molecule has 0 saturated carbocycles. The summed E-state index contributed by atoms with van der Waals surface area (Å²) in [6.45, 7) is 0.667. The Morgan fingerprint density at radius 3 is 3.12 bits per heavy atom. The van der Waals surface area contributed by atoms with Gasteiger partial charge < -0.3 is 15.1 Å². The van der Waals surface area contributed by atoms with Crippen molar-refractivity contribution >= 4 is 39.5 Å². The molecular weight excluding hydrogens is 408 g/mol. The zero-order chi connectivity index (χ0) is 17.6. The van der Waals surface area contributed by atoms with E-state index in [-0.39, 0.29) is 17.6 Å². The second-order valence-electron chi connectivity index (χ2n) is 5.58. The summed E-state index contributed by atoms with van der Waals surface area (Å²) in [5.74, 6) is 0.163. The predicted molar refractivity (Wildman–Crippen MR) is 96.9 cm³/mol. The fourth-order valence-electron chi connectivity index (χ4n) is 2.45. The van der Waals surface area contributed by atoms with Crippen LogP contribution in [0.4, 0.5) is 0 Å². The largest absolute Gasteiger partial charge is 0.411 e. The van der Waals surface area contributed by atoms with Crippen molar-refractivity contribution in [1.82, 2.24) is 20.8 Å². The van der Waals surface area contributed by atoms with Gasteiger partial charge >= 0.3 is 0 Å². The van der Waals surface area contributed by atoms with Crippen LogP contribution in [0.25, 0.3) is 11.5 Å². The summed E-state index contributed by atoms with van der Waals surface area (Å²) >= 11 is 4.54. The van der Waals surface area contributed by atoms with Gasteiger partial charge in [0, 0.05) is 16.6 Å². The van der Waals surface area contributed by atoms with Gasteiger partial charge in [-0.15, -0.1) is 10.2 Å². The summed E-state index contributed by atoms with van der Waals surface area (Å²) in [6, 6.07) is 7.06. The summed E-state index contributed by atoms with van der Waals surface area (Å²) < 4.78 is 6.48. The lowest BCUT2D eigenvalue weighted by molar-refractivity contribution is -0.127. The third-order valence-corrected chi connectivity index (χ3v) is 4.99. The molecule has 1 saturated heterocycles. The average Bonchev–Trinajstić information content (AvgIpc) is 2.99. The van der Waals surface area contributed by atoms with Crippen molar-refractivity contribution in [2.45, 2.75) is 30.5 Å². The van der Waals surface area contributed by atoms with E-state index in [1.807, 2.05) is 24.3 Å². The molecule has 1 fully saturated rings. The van der Waals surface area contributed by atoms with Crippen molar-refractivity contribution in [1.29, 1.82) is 0 Å². The van der Waals surface area contributed by atoms with E-state index in [0.29, 0.717) is 24.1 Å². The zero-order valence-corrected chi connectivity index (χ0v) is 15.7. The molecule has 0 aliphatic carbocycles. The Labute approximate surface area is 157 Å². The van der Waals surface area contributed by atoms with E-state index in [2.05, 4.69) is 36.8 Å². The van der Waals surface area contributed by atoms with Crippen LogP contribution in [0.5, 0.6) is 0 Å². The average molecular weight is 425 g/mol. The molecule has 132 valence electrons. The number of amides is 2. The van der Waals surface area contributed by atoms with E-state index < -0.39 is 6.04 Å². The molecule has 25 heavy (non-hydrogen) atoms. The van der Waals surface area contributed by atoms with Crippen molar-refractivity contribution in [3.05, 3.63) is 28.7 Å². The highest BCUT2D eigenvalue weighted by Crippen LogP contribution is 2.25. The molecule has 2 aromatic rings. The van der Waals surface area contributed by atoms with Crippen molar-refractivity contribution in [3.8, 4) is 11.5 Å². The smallest absolute Gasteiger partial charge is 0.277 e. The van der Waals surface area contributed by atoms with Gasteiger partial charge in [0.15, 0.2) is 0 Å². The van der Waals surface area contributed by atoms with E-state index in [0.717, 1.165) is 34.6 Å². The predicted octanol–water partition coefficient (Wildman–Crippen LogP) is 2.38. The molecule has 9 heteroatoms. The molecule has 3 rings (SSSR count). The summed E-state index contributed by atoms with van der Waals surface area (Å²) in [5.41, 5.74) is 0.799. The minimum Gasteiger partial charge on any atom is -0.411 e. The molecule has 2 N–H and O–H groups in total. The van der Waals surface area contributed by atoms with Gasteiger partial charge in [-0.05, 0) is 37.5 Å². The number of rotatable bonds is 5. The first kappa shape index (κ1) is 17.9. The number of aromatic nitrogens is 2. The highest BCUT2D eigenvalue weighted by molar-refractivity contribution is 9.10. The Morgan fingerprint density at radius 2 is 2.28 bits per heavy atom. The number of thioether (sulfide) groups is 1. The maximum atomic E-state index is 12.1. The van der Waals surface area contributed by atoms with Crippen LogP contribution in [-0.2, 0) is 9.59 Å². The second kappa shape index (κ2) is 8.48. The monoisotopic (exact) mass is 424 g/mol. The number of carbonyl (C=O) groups is 2. The standard InChI is InChI=1S/C16H17BrN4O3S/c17-11-5-3-4-10(8-11)15-20-21-16(24-15)25-9-13(22)19-12-6-1-2-7-18-14(12)23/h3-5,8,12H,1-2,6-7,9H2,(H,18,23)(H,19,22)/t12-/m1/s1. The molecule has 2 amide bonds. The van der Waals surface area contributed by atoms with Gasteiger partial charge in [0.1, 0.15) is 6.04 Å². The Bertz CT molecular complexity index is 767.